The zero-order valence-electron chi connectivity index (χ0n) is 17.9. The molecule has 1 aromatic heterocycles. The quantitative estimate of drug-likeness (QED) is 0.573. The molecule has 0 N–H and O–H groups in total. The Kier molecular flexibility index (Phi) is 5.45. The molecule has 8 heteroatoms. The van der Waals surface area contributed by atoms with Crippen LogP contribution in [0.15, 0.2) is 53.1 Å². The summed E-state index contributed by atoms with van der Waals surface area (Å²) in [5, 5.41) is 4.09. The lowest BCUT2D eigenvalue weighted by Crippen LogP contribution is -2.48. The number of benzene rings is 2. The van der Waals surface area contributed by atoms with Gasteiger partial charge in [0.25, 0.3) is 0 Å². The van der Waals surface area contributed by atoms with Crippen molar-refractivity contribution in [3.05, 3.63) is 71.1 Å². The number of nitrogens with zero attached hydrogens (tertiary/aromatic N) is 4. The Morgan fingerprint density at radius 1 is 1.06 bits per heavy atom. The molecule has 1 fully saturated rings. The summed E-state index contributed by atoms with van der Waals surface area (Å²) >= 11 is 0. The van der Waals surface area contributed by atoms with Crippen molar-refractivity contribution in [1.82, 2.24) is 19.9 Å². The maximum atomic E-state index is 12.8. The predicted molar refractivity (Wildman–Crippen MR) is 116 cm³/mol. The van der Waals surface area contributed by atoms with Gasteiger partial charge in [-0.1, -0.05) is 53.2 Å². The van der Waals surface area contributed by atoms with Gasteiger partial charge in [0.2, 0.25) is 17.6 Å². The van der Waals surface area contributed by atoms with Gasteiger partial charge in [0.1, 0.15) is 6.10 Å². The van der Waals surface area contributed by atoms with Gasteiger partial charge in [-0.3, -0.25) is 9.69 Å². The molecule has 2 aliphatic rings. The van der Waals surface area contributed by atoms with Gasteiger partial charge in [0.05, 0.1) is 18.5 Å². The largest absolute Gasteiger partial charge is 0.453 e. The van der Waals surface area contributed by atoms with Crippen LogP contribution in [0.5, 0.6) is 0 Å². The van der Waals surface area contributed by atoms with E-state index in [0.29, 0.717) is 36.9 Å². The zero-order chi connectivity index (χ0) is 22.1. The topological polar surface area (TPSA) is 88.8 Å². The summed E-state index contributed by atoms with van der Waals surface area (Å²) < 4.78 is 10.8. The third kappa shape index (κ3) is 4.13. The minimum atomic E-state index is -0.497. The molecule has 0 aliphatic carbocycles. The molecule has 2 aromatic carbocycles. The van der Waals surface area contributed by atoms with Crippen LogP contribution in [0.4, 0.5) is 0 Å². The minimum Gasteiger partial charge on any atom is -0.453 e. The molecule has 5 rings (SSSR count). The lowest BCUT2D eigenvalue weighted by molar-refractivity contribution is -0.135. The normalized spacial score (nSPS) is 18.5. The Morgan fingerprint density at radius 3 is 2.59 bits per heavy atom. The summed E-state index contributed by atoms with van der Waals surface area (Å²) in [4.78, 5) is 33.3. The van der Waals surface area contributed by atoms with E-state index in [1.807, 2.05) is 48.2 Å². The summed E-state index contributed by atoms with van der Waals surface area (Å²) in [6, 6.07) is 15.3. The van der Waals surface area contributed by atoms with Crippen LogP contribution in [0.3, 0.4) is 0 Å². The number of amides is 1. The molecule has 164 valence electrons. The molecule has 1 amide bonds. The second-order valence-corrected chi connectivity index (χ2v) is 8.22. The fourth-order valence-electron chi connectivity index (χ4n) is 4.14. The van der Waals surface area contributed by atoms with Gasteiger partial charge >= 0.3 is 5.97 Å². The number of carbonyl (C=O) groups excluding carboxylic acids is 2. The molecule has 2 aliphatic heterocycles. The number of carbonyl (C=O) groups is 2. The summed E-state index contributed by atoms with van der Waals surface area (Å²) in [5.41, 5.74) is 3.46. The Labute approximate surface area is 185 Å². The van der Waals surface area contributed by atoms with Crippen LogP contribution in [-0.4, -0.2) is 58.0 Å². The van der Waals surface area contributed by atoms with Crippen LogP contribution in [0.2, 0.25) is 0 Å². The average Bonchev–Trinajstić information content (AvgIpc) is 3.40. The fraction of sp³-hybridized carbons (Fsp3) is 0.333. The predicted octanol–water partition coefficient (Wildman–Crippen LogP) is 2.99. The van der Waals surface area contributed by atoms with Gasteiger partial charge < -0.3 is 14.2 Å². The van der Waals surface area contributed by atoms with Crippen LogP contribution < -0.4 is 0 Å². The van der Waals surface area contributed by atoms with Crippen molar-refractivity contribution in [1.29, 1.82) is 0 Å². The number of aryl methyl sites for hydroxylation is 1. The van der Waals surface area contributed by atoms with Crippen LogP contribution in [0.1, 0.15) is 39.9 Å². The highest BCUT2D eigenvalue weighted by molar-refractivity contribution is 5.94. The van der Waals surface area contributed by atoms with Crippen molar-refractivity contribution in [2.75, 3.05) is 26.2 Å². The fourth-order valence-corrected chi connectivity index (χ4v) is 4.14. The molecule has 0 spiro atoms. The number of rotatable bonds is 5. The van der Waals surface area contributed by atoms with Gasteiger partial charge in [0, 0.05) is 37.3 Å². The Bertz CT molecular complexity index is 1130. The SMILES string of the molecule is Cc1ccc(-c2noc(CN3CCN(C(=O)C[C@H]4OC(=O)c5ccccc54)CC3)n2)cc1. The highest BCUT2D eigenvalue weighted by Crippen LogP contribution is 2.33. The van der Waals surface area contributed by atoms with Gasteiger partial charge in [-0.15, -0.1) is 0 Å². The van der Waals surface area contributed by atoms with E-state index in [0.717, 1.165) is 24.2 Å². The zero-order valence-corrected chi connectivity index (χ0v) is 17.9. The van der Waals surface area contributed by atoms with Crippen LogP contribution in [0, 0.1) is 6.92 Å². The first-order valence-corrected chi connectivity index (χ1v) is 10.8. The first-order valence-electron chi connectivity index (χ1n) is 10.8. The summed E-state index contributed by atoms with van der Waals surface area (Å²) in [7, 11) is 0. The lowest BCUT2D eigenvalue weighted by atomic mass is 10.0. The van der Waals surface area contributed by atoms with E-state index in [-0.39, 0.29) is 18.3 Å². The second kappa shape index (κ2) is 8.55. The van der Waals surface area contributed by atoms with E-state index in [2.05, 4.69) is 15.0 Å². The second-order valence-electron chi connectivity index (χ2n) is 8.22. The summed E-state index contributed by atoms with van der Waals surface area (Å²) in [5.74, 6) is 0.793. The summed E-state index contributed by atoms with van der Waals surface area (Å²) in [6.07, 6.45) is -0.324. The number of aromatic nitrogens is 2. The van der Waals surface area contributed by atoms with Crippen molar-refractivity contribution in [3.8, 4) is 11.4 Å². The number of fused-ring (bicyclic) bond motifs is 1. The average molecular weight is 432 g/mol. The Hall–Kier alpha value is -3.52. The molecule has 1 atom stereocenters. The molecule has 0 radical (unpaired) electrons. The van der Waals surface area contributed by atoms with Crippen molar-refractivity contribution >= 4 is 11.9 Å². The monoisotopic (exact) mass is 432 g/mol. The van der Waals surface area contributed by atoms with Crippen LogP contribution in [-0.2, 0) is 16.1 Å². The molecule has 8 nitrogen and oxygen atoms in total. The van der Waals surface area contributed by atoms with Gasteiger partial charge in [-0.25, -0.2) is 4.79 Å². The van der Waals surface area contributed by atoms with Crippen molar-refractivity contribution in [2.45, 2.75) is 26.0 Å². The van der Waals surface area contributed by atoms with E-state index in [9.17, 15) is 9.59 Å². The van der Waals surface area contributed by atoms with Crippen molar-refractivity contribution < 1.29 is 18.8 Å². The number of piperazine rings is 1. The molecule has 1 saturated heterocycles. The number of hydrogen-bond acceptors (Lipinski definition) is 7. The van der Waals surface area contributed by atoms with Gasteiger partial charge in [-0.2, -0.15) is 4.98 Å². The standard InChI is InChI=1S/C24H24N4O4/c1-16-6-8-17(9-7-16)23-25-21(32-26-23)15-27-10-12-28(13-11-27)22(29)14-20-18-4-2-3-5-19(18)24(30)31-20/h2-9,20H,10-15H2,1H3/t20-/m1/s1. The van der Waals surface area contributed by atoms with E-state index < -0.39 is 6.10 Å². The Balaban J connectivity index is 1.14. The third-order valence-corrected chi connectivity index (χ3v) is 6.00. The first kappa shape index (κ1) is 20.4. The molecule has 32 heavy (non-hydrogen) atoms. The maximum absolute atomic E-state index is 12.8. The number of hydrogen-bond donors (Lipinski definition) is 0. The molecule has 3 heterocycles. The molecule has 0 unspecified atom stereocenters. The highest BCUT2D eigenvalue weighted by Gasteiger charge is 2.34. The van der Waals surface area contributed by atoms with Crippen molar-refractivity contribution in [3.63, 3.8) is 0 Å². The molecular weight excluding hydrogens is 408 g/mol. The smallest absolute Gasteiger partial charge is 0.339 e. The van der Waals surface area contributed by atoms with Crippen LogP contribution >= 0.6 is 0 Å². The lowest BCUT2D eigenvalue weighted by Gasteiger charge is -2.34. The first-order chi connectivity index (χ1) is 15.6. The van der Waals surface area contributed by atoms with Crippen LogP contribution in [0.25, 0.3) is 11.4 Å². The molecular formula is C24H24N4O4. The van der Waals surface area contributed by atoms with E-state index in [4.69, 9.17) is 9.26 Å². The van der Waals surface area contributed by atoms with E-state index in [1.54, 1.807) is 12.1 Å². The third-order valence-electron chi connectivity index (χ3n) is 6.00. The molecule has 0 saturated carbocycles. The number of esters is 1. The van der Waals surface area contributed by atoms with Gasteiger partial charge in [0.15, 0.2) is 0 Å². The van der Waals surface area contributed by atoms with E-state index >= 15 is 0 Å². The van der Waals surface area contributed by atoms with Gasteiger partial charge in [-0.05, 0) is 13.0 Å². The highest BCUT2D eigenvalue weighted by atomic mass is 16.5. The minimum absolute atomic E-state index is 0.00130. The Morgan fingerprint density at radius 2 is 1.81 bits per heavy atom. The number of cyclic esters (lactones) is 1. The van der Waals surface area contributed by atoms with E-state index in [1.165, 1.54) is 5.56 Å². The summed E-state index contributed by atoms with van der Waals surface area (Å²) in [6.45, 7) is 5.24. The molecule has 0 bridgehead atoms. The number of ether oxygens (including phenoxy) is 1. The molecule has 3 aromatic rings. The maximum Gasteiger partial charge on any atom is 0.339 e. The van der Waals surface area contributed by atoms with Crippen molar-refractivity contribution in [2.24, 2.45) is 0 Å².